The zero-order valence-corrected chi connectivity index (χ0v) is 11.0. The molecule has 0 saturated heterocycles. The van der Waals surface area contributed by atoms with E-state index < -0.39 is 11.0 Å². The molecule has 0 radical (unpaired) electrons. The van der Waals surface area contributed by atoms with Crippen LogP contribution in [0.15, 0.2) is 62.9 Å². The number of ketones is 1. The predicted molar refractivity (Wildman–Crippen MR) is 72.8 cm³/mol. The van der Waals surface area contributed by atoms with Gasteiger partial charge in [-0.05, 0) is 49.3 Å². The third-order valence-electron chi connectivity index (χ3n) is 2.58. The lowest BCUT2D eigenvalue weighted by molar-refractivity contribution is -0.110. The van der Waals surface area contributed by atoms with Crippen LogP contribution in [0.3, 0.4) is 0 Å². The molecule has 0 spiro atoms. The molecular formula is C14H13NO2S. The van der Waals surface area contributed by atoms with Gasteiger partial charge in [0.15, 0.2) is 16.8 Å². The Hall–Kier alpha value is -1.81. The van der Waals surface area contributed by atoms with E-state index in [1.54, 1.807) is 26.0 Å². The maximum atomic E-state index is 12.1. The van der Waals surface area contributed by atoms with Crippen molar-refractivity contribution < 1.29 is 9.00 Å². The summed E-state index contributed by atoms with van der Waals surface area (Å²) in [5.41, 5.74) is 2.14. The Kier molecular flexibility index (Phi) is 3.67. The number of carbonyl (C=O) groups excluding carboxylic acids is 1. The van der Waals surface area contributed by atoms with Gasteiger partial charge in [-0.25, -0.2) is 4.21 Å². The zero-order valence-electron chi connectivity index (χ0n) is 10.2. The van der Waals surface area contributed by atoms with Gasteiger partial charge in [-0.15, -0.1) is 0 Å². The minimum Gasteiger partial charge on any atom is -0.290 e. The standard InChI is InChI=1S/C14H13NO2S/c1-10-8-12(16)9-11(2)14(10)15-18(17)13-6-4-3-5-7-13/h3-9H,1-2H3. The Morgan fingerprint density at radius 1 is 1.00 bits per heavy atom. The summed E-state index contributed by atoms with van der Waals surface area (Å²) < 4.78 is 16.3. The molecule has 1 atom stereocenters. The summed E-state index contributed by atoms with van der Waals surface area (Å²) in [6.07, 6.45) is 3.02. The minimum absolute atomic E-state index is 0.0468. The smallest absolute Gasteiger partial charge is 0.179 e. The van der Waals surface area contributed by atoms with Gasteiger partial charge in [-0.2, -0.15) is 4.40 Å². The minimum atomic E-state index is -1.44. The van der Waals surface area contributed by atoms with Crippen LogP contribution in [0.2, 0.25) is 0 Å². The van der Waals surface area contributed by atoms with E-state index >= 15 is 0 Å². The summed E-state index contributed by atoms with van der Waals surface area (Å²) in [4.78, 5) is 12.0. The zero-order chi connectivity index (χ0) is 13.1. The molecule has 3 nitrogen and oxygen atoms in total. The topological polar surface area (TPSA) is 46.5 Å². The Labute approximate surface area is 109 Å². The van der Waals surface area contributed by atoms with Crippen molar-refractivity contribution in [3.8, 4) is 0 Å². The molecule has 1 unspecified atom stereocenters. The van der Waals surface area contributed by atoms with Crippen molar-refractivity contribution in [1.82, 2.24) is 0 Å². The summed E-state index contributed by atoms with van der Waals surface area (Å²) in [6, 6.07) is 9.05. The van der Waals surface area contributed by atoms with Crippen LogP contribution in [0.25, 0.3) is 0 Å². The molecule has 0 fully saturated rings. The Balaban J connectivity index is 2.35. The van der Waals surface area contributed by atoms with E-state index in [0.29, 0.717) is 10.6 Å². The molecule has 92 valence electrons. The van der Waals surface area contributed by atoms with Crippen LogP contribution in [0, 0.1) is 0 Å². The van der Waals surface area contributed by atoms with Crippen molar-refractivity contribution in [2.24, 2.45) is 4.40 Å². The molecule has 0 aromatic heterocycles. The van der Waals surface area contributed by atoms with Gasteiger partial charge in [-0.1, -0.05) is 18.2 Å². The molecule has 1 aromatic carbocycles. The number of carbonyl (C=O) groups is 1. The summed E-state index contributed by atoms with van der Waals surface area (Å²) >= 11 is 0. The first-order valence-electron chi connectivity index (χ1n) is 5.55. The van der Waals surface area contributed by atoms with Crippen molar-refractivity contribution in [2.45, 2.75) is 18.7 Å². The average molecular weight is 259 g/mol. The molecule has 1 aliphatic carbocycles. The largest absolute Gasteiger partial charge is 0.290 e. The maximum absolute atomic E-state index is 12.1. The van der Waals surface area contributed by atoms with Crippen molar-refractivity contribution in [2.75, 3.05) is 0 Å². The number of rotatable bonds is 2. The summed E-state index contributed by atoms with van der Waals surface area (Å²) in [7, 11) is -1.44. The van der Waals surface area contributed by atoms with E-state index in [4.69, 9.17) is 0 Å². The molecule has 18 heavy (non-hydrogen) atoms. The van der Waals surface area contributed by atoms with E-state index in [9.17, 15) is 9.00 Å². The number of hydrogen-bond donors (Lipinski definition) is 0. The lowest BCUT2D eigenvalue weighted by atomic mass is 9.98. The Bertz CT molecular complexity index is 573. The number of benzene rings is 1. The second-order valence-electron chi connectivity index (χ2n) is 4.06. The van der Waals surface area contributed by atoms with Crippen LogP contribution in [0.1, 0.15) is 13.8 Å². The molecule has 0 N–H and O–H groups in total. The summed E-state index contributed by atoms with van der Waals surface area (Å²) in [5, 5.41) is 0. The molecule has 0 heterocycles. The molecule has 0 saturated carbocycles. The van der Waals surface area contributed by atoms with Crippen LogP contribution in [-0.4, -0.2) is 15.7 Å². The monoisotopic (exact) mass is 259 g/mol. The van der Waals surface area contributed by atoms with Gasteiger partial charge in [0.25, 0.3) is 0 Å². The fourth-order valence-corrected chi connectivity index (χ4v) is 2.68. The third kappa shape index (κ3) is 2.71. The van der Waals surface area contributed by atoms with Crippen molar-refractivity contribution >= 4 is 22.5 Å². The lowest BCUT2D eigenvalue weighted by Crippen LogP contribution is -2.12. The lowest BCUT2D eigenvalue weighted by Gasteiger charge is -2.10. The average Bonchev–Trinajstić information content (AvgIpc) is 2.34. The molecule has 4 heteroatoms. The summed E-state index contributed by atoms with van der Waals surface area (Å²) in [5.74, 6) is -0.0468. The highest BCUT2D eigenvalue weighted by Crippen LogP contribution is 2.16. The molecule has 0 amide bonds. The molecule has 2 rings (SSSR count). The second kappa shape index (κ2) is 5.23. The van der Waals surface area contributed by atoms with E-state index in [2.05, 4.69) is 4.40 Å². The maximum Gasteiger partial charge on any atom is 0.179 e. The van der Waals surface area contributed by atoms with Crippen LogP contribution >= 0.6 is 0 Å². The third-order valence-corrected chi connectivity index (χ3v) is 3.61. The molecule has 0 bridgehead atoms. The molecule has 1 aliphatic rings. The molecule has 0 aliphatic heterocycles. The first-order chi connectivity index (χ1) is 8.58. The SMILES string of the molecule is CC1=CC(=O)C=C(C)C1=NS(=O)c1ccccc1. The van der Waals surface area contributed by atoms with E-state index in [-0.39, 0.29) is 5.78 Å². The number of nitrogens with zero attached hydrogens (tertiary/aromatic N) is 1. The fourth-order valence-electron chi connectivity index (χ4n) is 1.73. The van der Waals surface area contributed by atoms with Crippen LogP contribution in [0.5, 0.6) is 0 Å². The predicted octanol–water partition coefficient (Wildman–Crippen LogP) is 2.63. The van der Waals surface area contributed by atoms with E-state index in [0.717, 1.165) is 11.1 Å². The van der Waals surface area contributed by atoms with Gasteiger partial charge >= 0.3 is 0 Å². The normalized spacial score (nSPS) is 17.0. The number of allylic oxidation sites excluding steroid dienone is 4. The number of hydrogen-bond acceptors (Lipinski definition) is 2. The van der Waals surface area contributed by atoms with Gasteiger partial charge in [0.2, 0.25) is 0 Å². The van der Waals surface area contributed by atoms with Gasteiger partial charge in [0, 0.05) is 0 Å². The van der Waals surface area contributed by atoms with Crippen LogP contribution in [0.4, 0.5) is 0 Å². The van der Waals surface area contributed by atoms with Gasteiger partial charge in [0.1, 0.15) is 0 Å². The quantitative estimate of drug-likeness (QED) is 0.766. The van der Waals surface area contributed by atoms with Crippen molar-refractivity contribution in [3.63, 3.8) is 0 Å². The van der Waals surface area contributed by atoms with Gasteiger partial charge < -0.3 is 0 Å². The summed E-state index contributed by atoms with van der Waals surface area (Å²) in [6.45, 7) is 3.60. The van der Waals surface area contributed by atoms with Crippen molar-refractivity contribution in [1.29, 1.82) is 0 Å². The van der Waals surface area contributed by atoms with Crippen molar-refractivity contribution in [3.05, 3.63) is 53.6 Å². The Morgan fingerprint density at radius 2 is 1.56 bits per heavy atom. The Morgan fingerprint density at radius 3 is 2.11 bits per heavy atom. The first kappa shape index (κ1) is 12.6. The highest BCUT2D eigenvalue weighted by Gasteiger charge is 2.14. The van der Waals surface area contributed by atoms with E-state index in [1.807, 2.05) is 18.2 Å². The van der Waals surface area contributed by atoms with Crippen LogP contribution < -0.4 is 0 Å². The fraction of sp³-hybridized carbons (Fsp3) is 0.143. The van der Waals surface area contributed by atoms with Crippen LogP contribution in [-0.2, 0) is 15.8 Å². The van der Waals surface area contributed by atoms with Gasteiger partial charge in [0.05, 0.1) is 10.6 Å². The molecular weight excluding hydrogens is 246 g/mol. The molecule has 1 aromatic rings. The first-order valence-corrected chi connectivity index (χ1v) is 6.65. The second-order valence-corrected chi connectivity index (χ2v) is 5.21. The van der Waals surface area contributed by atoms with E-state index in [1.165, 1.54) is 12.2 Å². The highest BCUT2D eigenvalue weighted by atomic mass is 32.2. The highest BCUT2D eigenvalue weighted by molar-refractivity contribution is 7.84. The van der Waals surface area contributed by atoms with Gasteiger partial charge in [-0.3, -0.25) is 4.79 Å².